The van der Waals surface area contributed by atoms with Gasteiger partial charge in [0, 0.05) is 6.42 Å². The maximum atomic E-state index is 13.2. The lowest BCUT2D eigenvalue weighted by Gasteiger charge is -2.24. The van der Waals surface area contributed by atoms with Crippen LogP contribution in [0.3, 0.4) is 0 Å². The molecule has 0 aliphatic heterocycles. The van der Waals surface area contributed by atoms with E-state index in [1.165, 1.54) is 193 Å². The standard InChI is InChI=1S/C53H103NO5/c1-4-7-10-13-16-19-22-25-26-27-28-31-34-37-40-43-46-53(58)59-49(44-41-38-35-32-29-23-20-17-14-11-8-5-2)47-52(57)54-50(48-55)51(56)45-42-39-36-33-30-24-21-18-15-12-9-6-3/h26-27,49-51,55-56H,4-25,28-48H2,1-3H3,(H,54,57)/b27-26+. The van der Waals surface area contributed by atoms with E-state index in [-0.39, 0.29) is 24.9 Å². The fourth-order valence-corrected chi connectivity index (χ4v) is 8.31. The van der Waals surface area contributed by atoms with Gasteiger partial charge < -0.3 is 20.3 Å². The number of rotatable bonds is 48. The van der Waals surface area contributed by atoms with E-state index in [0.717, 1.165) is 51.4 Å². The molecular formula is C53H103NO5. The zero-order chi connectivity index (χ0) is 43.1. The van der Waals surface area contributed by atoms with Gasteiger partial charge in [0.25, 0.3) is 0 Å². The Kier molecular flexibility index (Phi) is 46.5. The Morgan fingerprint density at radius 3 is 1.20 bits per heavy atom. The number of aliphatic hydroxyl groups excluding tert-OH is 2. The second-order valence-electron chi connectivity index (χ2n) is 18.3. The first-order chi connectivity index (χ1) is 29.0. The molecule has 3 N–H and O–H groups in total. The van der Waals surface area contributed by atoms with Crippen LogP contribution in [-0.2, 0) is 14.3 Å². The van der Waals surface area contributed by atoms with Gasteiger partial charge in [0.15, 0.2) is 0 Å². The third-order valence-corrected chi connectivity index (χ3v) is 12.3. The zero-order valence-electron chi connectivity index (χ0n) is 39.9. The van der Waals surface area contributed by atoms with Crippen molar-refractivity contribution in [3.63, 3.8) is 0 Å². The SMILES string of the molecule is CCCCCCCCC/C=C/CCCCCCCC(=O)OC(CCCCCCCCCCCCCC)CC(=O)NC(CO)C(O)CCCCCCCCCCCCCC. The lowest BCUT2D eigenvalue weighted by molar-refractivity contribution is -0.151. The van der Waals surface area contributed by atoms with Gasteiger partial charge in [0.2, 0.25) is 5.91 Å². The van der Waals surface area contributed by atoms with Crippen LogP contribution in [0.25, 0.3) is 0 Å². The highest BCUT2D eigenvalue weighted by atomic mass is 16.5. The normalized spacial score (nSPS) is 13.2. The van der Waals surface area contributed by atoms with Crippen LogP contribution in [-0.4, -0.2) is 46.9 Å². The van der Waals surface area contributed by atoms with Crippen molar-refractivity contribution in [1.82, 2.24) is 5.32 Å². The second-order valence-corrected chi connectivity index (χ2v) is 18.3. The largest absolute Gasteiger partial charge is 0.462 e. The molecule has 0 radical (unpaired) electrons. The van der Waals surface area contributed by atoms with Crippen molar-refractivity contribution in [2.45, 2.75) is 309 Å². The maximum Gasteiger partial charge on any atom is 0.306 e. The monoisotopic (exact) mass is 834 g/mol. The predicted octanol–water partition coefficient (Wildman–Crippen LogP) is 15.7. The molecule has 0 aromatic rings. The number of hydrogen-bond donors (Lipinski definition) is 3. The molecule has 3 unspecified atom stereocenters. The van der Waals surface area contributed by atoms with E-state index in [4.69, 9.17) is 4.74 Å². The lowest BCUT2D eigenvalue weighted by atomic mass is 10.0. The molecule has 0 aromatic carbocycles. The number of esters is 1. The van der Waals surface area contributed by atoms with Crippen molar-refractivity contribution in [3.05, 3.63) is 12.2 Å². The molecule has 6 heteroatoms. The van der Waals surface area contributed by atoms with Crippen LogP contribution in [0.1, 0.15) is 290 Å². The van der Waals surface area contributed by atoms with Gasteiger partial charge in [-0.2, -0.15) is 0 Å². The molecule has 0 heterocycles. The molecule has 0 aromatic heterocycles. The number of aliphatic hydroxyl groups is 2. The molecule has 0 aliphatic rings. The predicted molar refractivity (Wildman–Crippen MR) is 255 cm³/mol. The number of hydrogen-bond acceptors (Lipinski definition) is 5. The molecule has 350 valence electrons. The molecular weight excluding hydrogens is 731 g/mol. The van der Waals surface area contributed by atoms with Gasteiger partial charge in [-0.25, -0.2) is 0 Å². The highest BCUT2D eigenvalue weighted by Gasteiger charge is 2.24. The van der Waals surface area contributed by atoms with Crippen LogP contribution >= 0.6 is 0 Å². The number of carbonyl (C=O) groups is 2. The van der Waals surface area contributed by atoms with Gasteiger partial charge in [0.05, 0.1) is 25.2 Å². The molecule has 0 bridgehead atoms. The topological polar surface area (TPSA) is 95.9 Å². The minimum absolute atomic E-state index is 0.0814. The van der Waals surface area contributed by atoms with Crippen LogP contribution < -0.4 is 5.32 Å². The lowest BCUT2D eigenvalue weighted by Crippen LogP contribution is -2.46. The second kappa shape index (κ2) is 47.6. The van der Waals surface area contributed by atoms with Crippen molar-refractivity contribution in [3.8, 4) is 0 Å². The Labute approximate surface area is 368 Å². The summed E-state index contributed by atoms with van der Waals surface area (Å²) in [7, 11) is 0. The number of nitrogens with one attached hydrogen (secondary N) is 1. The van der Waals surface area contributed by atoms with Crippen LogP contribution in [0.4, 0.5) is 0 Å². The summed E-state index contributed by atoms with van der Waals surface area (Å²) >= 11 is 0. The summed E-state index contributed by atoms with van der Waals surface area (Å²) in [5, 5.41) is 23.8. The maximum absolute atomic E-state index is 13.2. The summed E-state index contributed by atoms with van der Waals surface area (Å²) in [5.74, 6) is -0.466. The minimum atomic E-state index is -0.782. The van der Waals surface area contributed by atoms with Gasteiger partial charge in [-0.05, 0) is 51.4 Å². The third kappa shape index (κ3) is 43.1. The van der Waals surface area contributed by atoms with E-state index >= 15 is 0 Å². The smallest absolute Gasteiger partial charge is 0.306 e. The van der Waals surface area contributed by atoms with Crippen molar-refractivity contribution >= 4 is 11.9 Å². The van der Waals surface area contributed by atoms with Crippen molar-refractivity contribution in [2.75, 3.05) is 6.61 Å². The van der Waals surface area contributed by atoms with Crippen LogP contribution in [0.2, 0.25) is 0 Å². The van der Waals surface area contributed by atoms with Gasteiger partial charge in [-0.15, -0.1) is 0 Å². The quantitative estimate of drug-likeness (QED) is 0.0322. The Balaban J connectivity index is 4.52. The molecule has 0 saturated heterocycles. The van der Waals surface area contributed by atoms with E-state index in [1.54, 1.807) is 0 Å². The Bertz CT molecular complexity index is 893. The summed E-state index contributed by atoms with van der Waals surface area (Å²) in [4.78, 5) is 26.1. The van der Waals surface area contributed by atoms with Crippen molar-refractivity contribution in [2.24, 2.45) is 0 Å². The van der Waals surface area contributed by atoms with Crippen molar-refractivity contribution < 1.29 is 24.5 Å². The fourth-order valence-electron chi connectivity index (χ4n) is 8.31. The molecule has 0 saturated carbocycles. The molecule has 1 amide bonds. The van der Waals surface area contributed by atoms with E-state index in [2.05, 4.69) is 38.2 Å². The van der Waals surface area contributed by atoms with E-state index in [1.807, 2.05) is 0 Å². The summed E-state index contributed by atoms with van der Waals surface area (Å²) in [6.45, 7) is 6.50. The number of carbonyl (C=O) groups excluding carboxylic acids is 2. The summed E-state index contributed by atoms with van der Waals surface area (Å²) in [6.07, 6.45) is 52.7. The molecule has 3 atom stereocenters. The summed E-state index contributed by atoms with van der Waals surface area (Å²) in [5.41, 5.74) is 0. The van der Waals surface area contributed by atoms with Gasteiger partial charge in [-0.3, -0.25) is 9.59 Å². The first-order valence-electron chi connectivity index (χ1n) is 26.4. The average Bonchev–Trinajstić information content (AvgIpc) is 3.23. The molecule has 0 rings (SSSR count). The van der Waals surface area contributed by atoms with E-state index in [9.17, 15) is 19.8 Å². The summed E-state index contributed by atoms with van der Waals surface area (Å²) in [6, 6.07) is -0.696. The number of ether oxygens (including phenoxy) is 1. The highest BCUT2D eigenvalue weighted by molar-refractivity contribution is 5.77. The highest BCUT2D eigenvalue weighted by Crippen LogP contribution is 2.18. The third-order valence-electron chi connectivity index (χ3n) is 12.3. The molecule has 0 spiro atoms. The first kappa shape index (κ1) is 57.6. The Morgan fingerprint density at radius 2 is 0.814 bits per heavy atom. The van der Waals surface area contributed by atoms with Crippen LogP contribution in [0, 0.1) is 0 Å². The zero-order valence-corrected chi connectivity index (χ0v) is 39.9. The van der Waals surface area contributed by atoms with E-state index < -0.39 is 18.2 Å². The van der Waals surface area contributed by atoms with Crippen molar-refractivity contribution in [1.29, 1.82) is 0 Å². The Morgan fingerprint density at radius 1 is 0.475 bits per heavy atom. The number of allylic oxidation sites excluding steroid dienone is 2. The van der Waals surface area contributed by atoms with E-state index in [0.29, 0.717) is 19.3 Å². The first-order valence-corrected chi connectivity index (χ1v) is 26.4. The van der Waals surface area contributed by atoms with Gasteiger partial charge >= 0.3 is 5.97 Å². The molecule has 0 aliphatic carbocycles. The fraction of sp³-hybridized carbons (Fsp3) is 0.925. The Hall–Kier alpha value is -1.40. The number of unbranched alkanes of at least 4 members (excludes halogenated alkanes) is 34. The van der Waals surface area contributed by atoms with Gasteiger partial charge in [-0.1, -0.05) is 238 Å². The number of amides is 1. The van der Waals surface area contributed by atoms with Crippen LogP contribution in [0.5, 0.6) is 0 Å². The molecule has 6 nitrogen and oxygen atoms in total. The van der Waals surface area contributed by atoms with Gasteiger partial charge in [0.1, 0.15) is 6.10 Å². The molecule has 0 fully saturated rings. The summed E-state index contributed by atoms with van der Waals surface area (Å²) < 4.78 is 5.94. The average molecular weight is 834 g/mol. The minimum Gasteiger partial charge on any atom is -0.462 e. The van der Waals surface area contributed by atoms with Crippen LogP contribution in [0.15, 0.2) is 12.2 Å². The molecule has 59 heavy (non-hydrogen) atoms.